The molecule has 2 amide bonds. The van der Waals surface area contributed by atoms with Crippen molar-refractivity contribution in [3.05, 3.63) is 65.6 Å². The molecule has 7 heteroatoms. The molecule has 4 rings (SSSR count). The lowest BCUT2D eigenvalue weighted by atomic mass is 10.1. The van der Waals surface area contributed by atoms with Gasteiger partial charge in [0.1, 0.15) is 11.6 Å². The van der Waals surface area contributed by atoms with Crippen LogP contribution in [0.15, 0.2) is 48.7 Å². The number of carbonyl (C=O) groups is 2. The molecule has 2 heterocycles. The Kier molecular flexibility index (Phi) is 5.29. The number of fused-ring (bicyclic) bond motifs is 1. The zero-order valence-electron chi connectivity index (χ0n) is 15.9. The van der Waals surface area contributed by atoms with Crippen LogP contribution in [0.1, 0.15) is 22.3 Å². The molecule has 2 aromatic rings. The summed E-state index contributed by atoms with van der Waals surface area (Å²) in [6, 6.07) is 9.32. The summed E-state index contributed by atoms with van der Waals surface area (Å²) >= 11 is 0. The maximum absolute atomic E-state index is 13.3. The number of amides is 2. The molecule has 0 spiro atoms. The minimum Gasteiger partial charge on any atom is -0.384 e. The monoisotopic (exact) mass is 394 g/mol. The number of anilines is 1. The SMILES string of the molecule is Nc1ccc(/C=C/C(=O)NCCC2C3CN(C(=O)c4cccc(F)c4)C[C@H]23)cn1. The normalized spacial score (nSPS) is 22.5. The van der Waals surface area contributed by atoms with Gasteiger partial charge < -0.3 is 16.0 Å². The van der Waals surface area contributed by atoms with E-state index in [0.717, 1.165) is 12.0 Å². The van der Waals surface area contributed by atoms with E-state index in [0.29, 0.717) is 48.8 Å². The number of nitrogens with two attached hydrogens (primary N) is 1. The second-order valence-corrected chi connectivity index (χ2v) is 7.64. The molecule has 1 saturated heterocycles. The molecule has 6 nitrogen and oxygen atoms in total. The first-order valence-electron chi connectivity index (χ1n) is 9.73. The average molecular weight is 394 g/mol. The number of aromatic nitrogens is 1. The molecule has 0 bridgehead atoms. The van der Waals surface area contributed by atoms with Crippen LogP contribution < -0.4 is 11.1 Å². The number of nitrogens with one attached hydrogen (secondary N) is 1. The Bertz CT molecular complexity index is 932. The lowest BCUT2D eigenvalue weighted by Gasteiger charge is -2.20. The van der Waals surface area contributed by atoms with Crippen molar-refractivity contribution in [3.63, 3.8) is 0 Å². The van der Waals surface area contributed by atoms with Crippen molar-refractivity contribution in [3.8, 4) is 0 Å². The van der Waals surface area contributed by atoms with Crippen molar-refractivity contribution in [1.82, 2.24) is 15.2 Å². The summed E-state index contributed by atoms with van der Waals surface area (Å²) in [5.41, 5.74) is 6.75. The summed E-state index contributed by atoms with van der Waals surface area (Å²) in [7, 11) is 0. The number of halogens is 1. The van der Waals surface area contributed by atoms with E-state index in [1.807, 2.05) is 4.90 Å². The van der Waals surface area contributed by atoms with Crippen LogP contribution in [0.5, 0.6) is 0 Å². The Morgan fingerprint density at radius 1 is 1.24 bits per heavy atom. The minimum atomic E-state index is -0.393. The van der Waals surface area contributed by atoms with Crippen molar-refractivity contribution in [2.24, 2.45) is 17.8 Å². The van der Waals surface area contributed by atoms with E-state index in [9.17, 15) is 14.0 Å². The summed E-state index contributed by atoms with van der Waals surface area (Å²) in [6.07, 6.45) is 5.70. The summed E-state index contributed by atoms with van der Waals surface area (Å²) in [6.45, 7) is 2.03. The number of hydrogen-bond donors (Lipinski definition) is 2. The number of hydrogen-bond acceptors (Lipinski definition) is 4. The van der Waals surface area contributed by atoms with Crippen molar-refractivity contribution in [1.29, 1.82) is 0 Å². The Labute approximate surface area is 168 Å². The summed E-state index contributed by atoms with van der Waals surface area (Å²) < 4.78 is 13.3. The largest absolute Gasteiger partial charge is 0.384 e. The van der Waals surface area contributed by atoms with Crippen molar-refractivity contribution < 1.29 is 14.0 Å². The highest BCUT2D eigenvalue weighted by atomic mass is 19.1. The van der Waals surface area contributed by atoms with Crippen LogP contribution >= 0.6 is 0 Å². The van der Waals surface area contributed by atoms with E-state index in [1.54, 1.807) is 36.5 Å². The zero-order valence-corrected chi connectivity index (χ0v) is 15.9. The second kappa shape index (κ2) is 8.03. The second-order valence-electron chi connectivity index (χ2n) is 7.64. The molecule has 1 aliphatic carbocycles. The molecule has 2 fully saturated rings. The van der Waals surface area contributed by atoms with Crippen molar-refractivity contribution in [2.45, 2.75) is 6.42 Å². The number of likely N-dealkylation sites (tertiary alicyclic amines) is 1. The Balaban J connectivity index is 1.18. The number of piperidine rings is 1. The van der Waals surface area contributed by atoms with Crippen molar-refractivity contribution in [2.75, 3.05) is 25.4 Å². The molecule has 150 valence electrons. The quantitative estimate of drug-likeness (QED) is 0.736. The fraction of sp³-hybridized carbons (Fsp3) is 0.318. The van der Waals surface area contributed by atoms with Gasteiger partial charge in [-0.15, -0.1) is 0 Å². The number of carbonyl (C=O) groups excluding carboxylic acids is 2. The standard InChI is InChI=1S/C22H23FN4O2/c23-16-3-1-2-15(10-16)22(29)27-12-18-17(19(18)13-27)8-9-25-21(28)7-5-14-4-6-20(24)26-11-14/h1-7,10-11,17-19H,8-9,12-13H2,(H2,24,26)(H,25,28)/b7-5+/t17?,18-,19?/m1/s1. The van der Waals surface area contributed by atoms with Gasteiger partial charge in [0, 0.05) is 37.5 Å². The number of benzene rings is 1. The fourth-order valence-corrected chi connectivity index (χ4v) is 4.16. The van der Waals surface area contributed by atoms with Gasteiger partial charge in [-0.3, -0.25) is 9.59 Å². The third-order valence-electron chi connectivity index (χ3n) is 5.74. The molecular weight excluding hydrogens is 371 g/mol. The van der Waals surface area contributed by atoms with Gasteiger partial charge in [-0.25, -0.2) is 9.37 Å². The molecule has 2 unspecified atom stereocenters. The van der Waals surface area contributed by atoms with Crippen LogP contribution in [0.3, 0.4) is 0 Å². The number of nitrogens with zero attached hydrogens (tertiary/aromatic N) is 2. The Morgan fingerprint density at radius 2 is 2.03 bits per heavy atom. The first-order valence-corrected chi connectivity index (χ1v) is 9.73. The summed E-state index contributed by atoms with van der Waals surface area (Å²) in [5, 5.41) is 2.90. The average Bonchev–Trinajstić information content (AvgIpc) is 3.16. The smallest absolute Gasteiger partial charge is 0.253 e. The topological polar surface area (TPSA) is 88.3 Å². The number of nitrogen functional groups attached to an aromatic ring is 1. The lowest BCUT2D eigenvalue weighted by Crippen LogP contribution is -2.32. The molecular formula is C22H23FN4O2. The van der Waals surface area contributed by atoms with Crippen LogP contribution in [0.4, 0.5) is 10.2 Å². The Morgan fingerprint density at radius 3 is 2.72 bits per heavy atom. The van der Waals surface area contributed by atoms with Gasteiger partial charge in [-0.2, -0.15) is 0 Å². The minimum absolute atomic E-state index is 0.106. The molecule has 1 saturated carbocycles. The fourth-order valence-electron chi connectivity index (χ4n) is 4.16. The van der Waals surface area contributed by atoms with Gasteiger partial charge in [0.05, 0.1) is 0 Å². The predicted molar refractivity (Wildman–Crippen MR) is 108 cm³/mol. The van der Waals surface area contributed by atoms with E-state index < -0.39 is 5.82 Å². The molecule has 1 aromatic heterocycles. The maximum Gasteiger partial charge on any atom is 0.253 e. The zero-order chi connectivity index (χ0) is 20.4. The van der Waals surface area contributed by atoms with E-state index in [2.05, 4.69) is 10.3 Å². The number of pyridine rings is 1. The maximum atomic E-state index is 13.3. The van der Waals surface area contributed by atoms with Crippen LogP contribution in [0.25, 0.3) is 6.08 Å². The predicted octanol–water partition coefficient (Wildman–Crippen LogP) is 2.34. The summed E-state index contributed by atoms with van der Waals surface area (Å²) in [4.78, 5) is 30.2. The highest BCUT2D eigenvalue weighted by Crippen LogP contribution is 2.53. The van der Waals surface area contributed by atoms with Gasteiger partial charge in [-0.1, -0.05) is 6.07 Å². The molecule has 0 radical (unpaired) electrons. The lowest BCUT2D eigenvalue weighted by molar-refractivity contribution is -0.116. The first kappa shape index (κ1) is 19.1. The molecule has 29 heavy (non-hydrogen) atoms. The van der Waals surface area contributed by atoms with E-state index in [4.69, 9.17) is 5.73 Å². The summed E-state index contributed by atoms with van der Waals surface area (Å²) in [5.74, 6) is 1.31. The van der Waals surface area contributed by atoms with Gasteiger partial charge in [0.15, 0.2) is 0 Å². The van der Waals surface area contributed by atoms with Crippen molar-refractivity contribution >= 4 is 23.7 Å². The highest BCUT2D eigenvalue weighted by Gasteiger charge is 2.55. The number of rotatable bonds is 6. The third kappa shape index (κ3) is 4.45. The highest BCUT2D eigenvalue weighted by molar-refractivity contribution is 5.94. The molecule has 1 aliphatic heterocycles. The first-order chi connectivity index (χ1) is 14.0. The van der Waals surface area contributed by atoms with E-state index in [-0.39, 0.29) is 11.8 Å². The van der Waals surface area contributed by atoms with E-state index in [1.165, 1.54) is 18.2 Å². The molecule has 3 N–H and O–H groups in total. The van der Waals surface area contributed by atoms with Gasteiger partial charge >= 0.3 is 0 Å². The van der Waals surface area contributed by atoms with Gasteiger partial charge in [0.25, 0.3) is 5.91 Å². The third-order valence-corrected chi connectivity index (χ3v) is 5.74. The molecule has 1 aromatic carbocycles. The van der Waals surface area contributed by atoms with Crippen LogP contribution in [-0.4, -0.2) is 41.3 Å². The van der Waals surface area contributed by atoms with Crippen LogP contribution in [0.2, 0.25) is 0 Å². The van der Waals surface area contributed by atoms with E-state index >= 15 is 0 Å². The van der Waals surface area contributed by atoms with Gasteiger partial charge in [0.2, 0.25) is 5.91 Å². The van der Waals surface area contributed by atoms with Gasteiger partial charge in [-0.05, 0) is 66.1 Å². The van der Waals surface area contributed by atoms with Crippen LogP contribution in [0, 0.1) is 23.6 Å². The Hall–Kier alpha value is -3.22. The molecule has 3 atom stereocenters. The van der Waals surface area contributed by atoms with Crippen LogP contribution in [-0.2, 0) is 4.79 Å². The molecule has 2 aliphatic rings.